The maximum Gasteiger partial charge on any atom is 0.284 e. The second-order valence-electron chi connectivity index (χ2n) is 5.99. The molecule has 0 fully saturated rings. The van der Waals surface area contributed by atoms with E-state index < -0.39 is 0 Å². The Bertz CT molecular complexity index is 736. The molecule has 0 bridgehead atoms. The highest BCUT2D eigenvalue weighted by molar-refractivity contribution is 7.71. The SMILES string of the molecule is CCCCn1nc(C(C)(C)C)cc(-c2n[nH]c(=S)o2)c1=O. The first-order chi connectivity index (χ1) is 9.82. The number of H-pyrrole nitrogens is 1. The molecular weight excluding hydrogens is 288 g/mol. The van der Waals surface area contributed by atoms with Gasteiger partial charge < -0.3 is 4.42 Å². The van der Waals surface area contributed by atoms with E-state index in [-0.39, 0.29) is 21.7 Å². The zero-order valence-corrected chi connectivity index (χ0v) is 13.6. The van der Waals surface area contributed by atoms with Crippen LogP contribution < -0.4 is 5.56 Å². The van der Waals surface area contributed by atoms with E-state index in [2.05, 4.69) is 22.2 Å². The minimum atomic E-state index is -0.207. The second-order valence-corrected chi connectivity index (χ2v) is 6.36. The van der Waals surface area contributed by atoms with Crippen LogP contribution in [-0.2, 0) is 12.0 Å². The molecule has 21 heavy (non-hydrogen) atoms. The van der Waals surface area contributed by atoms with Gasteiger partial charge in [0, 0.05) is 12.0 Å². The number of unbranched alkanes of at least 4 members (excludes halogenated alkanes) is 1. The molecule has 6 nitrogen and oxygen atoms in total. The molecule has 2 rings (SSSR count). The molecule has 0 aliphatic rings. The average Bonchev–Trinajstić information content (AvgIpc) is 2.82. The number of hydrogen-bond donors (Lipinski definition) is 1. The molecular formula is C14H20N4O2S. The fourth-order valence-electron chi connectivity index (χ4n) is 1.87. The fraction of sp³-hybridized carbons (Fsp3) is 0.571. The number of hydrogen-bond acceptors (Lipinski definition) is 5. The van der Waals surface area contributed by atoms with E-state index in [1.54, 1.807) is 6.07 Å². The lowest BCUT2D eigenvalue weighted by molar-refractivity contribution is 0.484. The van der Waals surface area contributed by atoms with Crippen molar-refractivity contribution in [3.8, 4) is 11.5 Å². The molecule has 0 saturated carbocycles. The first-order valence-electron chi connectivity index (χ1n) is 7.01. The summed E-state index contributed by atoms with van der Waals surface area (Å²) in [7, 11) is 0. The van der Waals surface area contributed by atoms with Crippen molar-refractivity contribution < 1.29 is 4.42 Å². The zero-order valence-electron chi connectivity index (χ0n) is 12.8. The van der Waals surface area contributed by atoms with Crippen LogP contribution >= 0.6 is 12.2 Å². The standard InChI is InChI=1S/C14H20N4O2S/c1-5-6-7-18-12(19)9(11-15-16-13(21)20-11)8-10(17-18)14(2,3)4/h8H,5-7H2,1-4H3,(H,16,21). The largest absolute Gasteiger partial charge is 0.409 e. The number of aromatic nitrogens is 4. The van der Waals surface area contributed by atoms with Crippen LogP contribution in [0, 0.1) is 4.84 Å². The maximum absolute atomic E-state index is 12.5. The Morgan fingerprint density at radius 1 is 1.43 bits per heavy atom. The number of aryl methyl sites for hydroxylation is 1. The van der Waals surface area contributed by atoms with Crippen molar-refractivity contribution in [2.45, 2.75) is 52.5 Å². The molecule has 0 amide bonds. The van der Waals surface area contributed by atoms with Gasteiger partial charge in [0.25, 0.3) is 16.3 Å². The highest BCUT2D eigenvalue weighted by Crippen LogP contribution is 2.22. The van der Waals surface area contributed by atoms with E-state index in [9.17, 15) is 4.79 Å². The molecule has 0 aliphatic heterocycles. The summed E-state index contributed by atoms with van der Waals surface area (Å²) >= 11 is 4.88. The van der Waals surface area contributed by atoms with Crippen LogP contribution in [0.4, 0.5) is 0 Å². The topological polar surface area (TPSA) is 76.7 Å². The first kappa shape index (κ1) is 15.6. The molecule has 2 aromatic heterocycles. The monoisotopic (exact) mass is 308 g/mol. The predicted molar refractivity (Wildman–Crippen MR) is 82.8 cm³/mol. The lowest BCUT2D eigenvalue weighted by Gasteiger charge is -2.19. The van der Waals surface area contributed by atoms with Crippen LogP contribution in [-0.4, -0.2) is 20.0 Å². The summed E-state index contributed by atoms with van der Waals surface area (Å²) in [5, 5.41) is 11.0. The zero-order chi connectivity index (χ0) is 15.6. The van der Waals surface area contributed by atoms with Crippen LogP contribution in [0.5, 0.6) is 0 Å². The van der Waals surface area contributed by atoms with Gasteiger partial charge >= 0.3 is 0 Å². The van der Waals surface area contributed by atoms with Crippen molar-refractivity contribution in [3.63, 3.8) is 0 Å². The van der Waals surface area contributed by atoms with Gasteiger partial charge in [-0.25, -0.2) is 9.78 Å². The summed E-state index contributed by atoms with van der Waals surface area (Å²) in [6.45, 7) is 8.80. The fourth-order valence-corrected chi connectivity index (χ4v) is 1.99. The van der Waals surface area contributed by atoms with Crippen molar-refractivity contribution in [2.75, 3.05) is 0 Å². The number of rotatable bonds is 4. The Morgan fingerprint density at radius 3 is 2.67 bits per heavy atom. The van der Waals surface area contributed by atoms with Crippen LogP contribution in [0.15, 0.2) is 15.3 Å². The Hall–Kier alpha value is -1.76. The van der Waals surface area contributed by atoms with E-state index in [0.29, 0.717) is 12.1 Å². The Kier molecular flexibility index (Phi) is 4.41. The number of aromatic amines is 1. The summed E-state index contributed by atoms with van der Waals surface area (Å²) in [5.41, 5.74) is 0.821. The molecule has 0 spiro atoms. The van der Waals surface area contributed by atoms with Gasteiger partial charge in [0.05, 0.1) is 5.69 Å². The van der Waals surface area contributed by atoms with E-state index >= 15 is 0 Å². The van der Waals surface area contributed by atoms with Crippen molar-refractivity contribution in [1.82, 2.24) is 20.0 Å². The minimum Gasteiger partial charge on any atom is -0.409 e. The van der Waals surface area contributed by atoms with Crippen LogP contribution in [0.1, 0.15) is 46.2 Å². The van der Waals surface area contributed by atoms with E-state index in [1.165, 1.54) is 4.68 Å². The molecule has 0 unspecified atom stereocenters. The third-order valence-corrected chi connectivity index (χ3v) is 3.31. The third-order valence-electron chi connectivity index (χ3n) is 3.13. The Morgan fingerprint density at radius 2 is 2.14 bits per heavy atom. The highest BCUT2D eigenvalue weighted by atomic mass is 32.1. The number of nitrogens with zero attached hydrogens (tertiary/aromatic N) is 3. The van der Waals surface area contributed by atoms with Gasteiger partial charge in [-0.15, -0.1) is 5.10 Å². The van der Waals surface area contributed by atoms with E-state index in [4.69, 9.17) is 16.6 Å². The van der Waals surface area contributed by atoms with Gasteiger partial charge in [0.2, 0.25) is 0 Å². The summed E-state index contributed by atoms with van der Waals surface area (Å²) in [4.78, 5) is 12.7. The summed E-state index contributed by atoms with van der Waals surface area (Å²) < 4.78 is 6.78. The second kappa shape index (κ2) is 5.93. The lowest BCUT2D eigenvalue weighted by Crippen LogP contribution is -2.29. The van der Waals surface area contributed by atoms with Gasteiger partial charge in [-0.3, -0.25) is 4.79 Å². The third kappa shape index (κ3) is 3.47. The maximum atomic E-state index is 12.5. The first-order valence-corrected chi connectivity index (χ1v) is 7.42. The smallest absolute Gasteiger partial charge is 0.284 e. The predicted octanol–water partition coefficient (Wildman–Crippen LogP) is 3.05. The van der Waals surface area contributed by atoms with Gasteiger partial charge in [0.15, 0.2) is 0 Å². The lowest BCUT2D eigenvalue weighted by atomic mass is 9.91. The van der Waals surface area contributed by atoms with Crippen molar-refractivity contribution >= 4 is 12.2 Å². The molecule has 2 aromatic rings. The quantitative estimate of drug-likeness (QED) is 0.878. The van der Waals surface area contributed by atoms with Gasteiger partial charge in [0.1, 0.15) is 5.56 Å². The van der Waals surface area contributed by atoms with Crippen molar-refractivity contribution in [3.05, 3.63) is 27.0 Å². The molecule has 0 aliphatic carbocycles. The van der Waals surface area contributed by atoms with Gasteiger partial charge in [-0.1, -0.05) is 34.1 Å². The average molecular weight is 308 g/mol. The van der Waals surface area contributed by atoms with Crippen LogP contribution in [0.3, 0.4) is 0 Å². The molecule has 7 heteroatoms. The normalized spacial score (nSPS) is 11.8. The van der Waals surface area contributed by atoms with Gasteiger partial charge in [-0.05, 0) is 24.7 Å². The molecule has 0 radical (unpaired) electrons. The molecule has 0 atom stereocenters. The van der Waals surface area contributed by atoms with Crippen molar-refractivity contribution in [1.29, 1.82) is 0 Å². The van der Waals surface area contributed by atoms with Gasteiger partial charge in [-0.2, -0.15) is 5.10 Å². The molecule has 2 heterocycles. The molecule has 1 N–H and O–H groups in total. The number of nitrogens with one attached hydrogen (secondary N) is 1. The molecule has 0 saturated heterocycles. The van der Waals surface area contributed by atoms with Crippen molar-refractivity contribution in [2.24, 2.45) is 0 Å². The highest BCUT2D eigenvalue weighted by Gasteiger charge is 2.21. The van der Waals surface area contributed by atoms with Crippen LogP contribution in [0.2, 0.25) is 0 Å². The summed E-state index contributed by atoms with van der Waals surface area (Å²) in [6, 6.07) is 1.74. The summed E-state index contributed by atoms with van der Waals surface area (Å²) in [6.07, 6.45) is 1.89. The Labute approximate surface area is 128 Å². The van der Waals surface area contributed by atoms with E-state index in [0.717, 1.165) is 18.5 Å². The minimum absolute atomic E-state index is 0.152. The molecule has 0 aromatic carbocycles. The van der Waals surface area contributed by atoms with Crippen LogP contribution in [0.25, 0.3) is 11.5 Å². The Balaban J connectivity index is 2.63. The van der Waals surface area contributed by atoms with E-state index in [1.807, 2.05) is 20.8 Å². The molecule has 114 valence electrons. The summed E-state index contributed by atoms with van der Waals surface area (Å²) in [5.74, 6) is 0.211.